The van der Waals surface area contributed by atoms with Gasteiger partial charge in [0.25, 0.3) is 5.91 Å². The topological polar surface area (TPSA) is 69.2 Å². The van der Waals surface area contributed by atoms with Gasteiger partial charge in [-0.3, -0.25) is 4.79 Å². The lowest BCUT2D eigenvalue weighted by Crippen LogP contribution is -2.17. The molecule has 6 nitrogen and oxygen atoms in total. The molecule has 0 aliphatic rings. The number of nitrogens with zero attached hydrogens (tertiary/aromatic N) is 1. The highest BCUT2D eigenvalue weighted by Gasteiger charge is 2.09. The molecule has 2 rings (SSSR count). The average molecular weight is 419 g/mol. The molecule has 0 heterocycles. The van der Waals surface area contributed by atoms with Crippen LogP contribution in [0.1, 0.15) is 15.9 Å². The van der Waals surface area contributed by atoms with Crippen molar-refractivity contribution in [2.24, 2.45) is 5.10 Å². The molecule has 7 heteroatoms. The average Bonchev–Trinajstić information content (AvgIpc) is 2.66. The first kappa shape index (κ1) is 19.5. The number of carbonyl (C=O) groups is 1. The standard InChI is InChI=1S/C19H19BrN2O4/c1-4-7-26-18-6-5-15(20)8-14(18)12-21-22-19(23)13-9-16(24-2)11-17(10-13)25-3/h4-6,8-12H,1,7H2,2-3H3,(H,22,23)/b21-12-. The predicted molar refractivity (Wildman–Crippen MR) is 104 cm³/mol. The first-order valence-corrected chi connectivity index (χ1v) is 8.46. The molecular formula is C19H19BrN2O4. The van der Waals surface area contributed by atoms with Crippen molar-refractivity contribution < 1.29 is 19.0 Å². The van der Waals surface area contributed by atoms with Gasteiger partial charge in [-0.25, -0.2) is 5.43 Å². The first-order chi connectivity index (χ1) is 12.6. The minimum absolute atomic E-state index is 0.371. The summed E-state index contributed by atoms with van der Waals surface area (Å²) in [6, 6.07) is 10.4. The van der Waals surface area contributed by atoms with Gasteiger partial charge < -0.3 is 14.2 Å². The summed E-state index contributed by atoms with van der Waals surface area (Å²) in [5, 5.41) is 4.01. The van der Waals surface area contributed by atoms with E-state index in [9.17, 15) is 4.79 Å². The van der Waals surface area contributed by atoms with E-state index < -0.39 is 0 Å². The van der Waals surface area contributed by atoms with Crippen LogP contribution in [0.15, 0.2) is 58.6 Å². The van der Waals surface area contributed by atoms with Crippen molar-refractivity contribution in [3.63, 3.8) is 0 Å². The van der Waals surface area contributed by atoms with E-state index in [2.05, 4.69) is 33.0 Å². The molecule has 2 aromatic carbocycles. The summed E-state index contributed by atoms with van der Waals surface area (Å²) in [5.74, 6) is 1.28. The van der Waals surface area contributed by atoms with Crippen molar-refractivity contribution in [3.05, 3.63) is 64.7 Å². The maximum absolute atomic E-state index is 12.3. The Morgan fingerprint density at radius 3 is 2.50 bits per heavy atom. The number of nitrogens with one attached hydrogen (secondary N) is 1. The van der Waals surface area contributed by atoms with Gasteiger partial charge in [-0.2, -0.15) is 5.10 Å². The lowest BCUT2D eigenvalue weighted by atomic mass is 10.2. The van der Waals surface area contributed by atoms with Crippen molar-refractivity contribution in [1.29, 1.82) is 0 Å². The van der Waals surface area contributed by atoms with Gasteiger partial charge in [0, 0.05) is 21.7 Å². The largest absolute Gasteiger partial charge is 0.497 e. The second-order valence-corrected chi connectivity index (χ2v) is 6.00. The highest BCUT2D eigenvalue weighted by atomic mass is 79.9. The fourth-order valence-electron chi connectivity index (χ4n) is 2.06. The summed E-state index contributed by atoms with van der Waals surface area (Å²) >= 11 is 3.40. The van der Waals surface area contributed by atoms with Crippen molar-refractivity contribution in [1.82, 2.24) is 5.43 Å². The second kappa shape index (κ2) is 9.62. The van der Waals surface area contributed by atoms with E-state index in [0.29, 0.717) is 35.0 Å². The maximum Gasteiger partial charge on any atom is 0.271 e. The van der Waals surface area contributed by atoms with Gasteiger partial charge in [0.05, 0.1) is 20.4 Å². The van der Waals surface area contributed by atoms with Crippen LogP contribution < -0.4 is 19.6 Å². The summed E-state index contributed by atoms with van der Waals surface area (Å²) < 4.78 is 16.8. The SMILES string of the molecule is C=CCOc1ccc(Br)cc1/C=N\NC(=O)c1cc(OC)cc(OC)c1. The zero-order valence-electron chi connectivity index (χ0n) is 14.5. The van der Waals surface area contributed by atoms with E-state index in [1.54, 1.807) is 24.3 Å². The summed E-state index contributed by atoms with van der Waals surface area (Å²) in [6.07, 6.45) is 3.17. The molecule has 2 aromatic rings. The molecule has 0 aromatic heterocycles. The number of ether oxygens (including phenoxy) is 3. The number of hydrogen-bond donors (Lipinski definition) is 1. The lowest BCUT2D eigenvalue weighted by molar-refractivity contribution is 0.0954. The van der Waals surface area contributed by atoms with Gasteiger partial charge in [0.15, 0.2) is 0 Å². The number of benzene rings is 2. The molecule has 1 amide bonds. The molecule has 0 saturated carbocycles. The number of rotatable bonds is 8. The first-order valence-electron chi connectivity index (χ1n) is 7.67. The number of amides is 1. The molecule has 0 unspecified atom stereocenters. The van der Waals surface area contributed by atoms with Gasteiger partial charge in [-0.15, -0.1) is 0 Å². The van der Waals surface area contributed by atoms with Crippen molar-refractivity contribution >= 4 is 28.1 Å². The molecule has 0 aliphatic heterocycles. The molecule has 0 fully saturated rings. The molecule has 0 aliphatic carbocycles. The van der Waals surface area contributed by atoms with Gasteiger partial charge >= 0.3 is 0 Å². The Morgan fingerprint density at radius 2 is 1.88 bits per heavy atom. The van der Waals surface area contributed by atoms with Crippen molar-refractivity contribution in [2.75, 3.05) is 20.8 Å². The molecule has 0 atom stereocenters. The Morgan fingerprint density at radius 1 is 1.19 bits per heavy atom. The number of hydrazone groups is 1. The number of methoxy groups -OCH3 is 2. The van der Waals surface area contributed by atoms with Crippen LogP contribution in [0.3, 0.4) is 0 Å². The van der Waals surface area contributed by atoms with E-state index in [4.69, 9.17) is 14.2 Å². The third-order valence-corrected chi connectivity index (χ3v) is 3.81. The molecule has 26 heavy (non-hydrogen) atoms. The molecule has 136 valence electrons. The van der Waals surface area contributed by atoms with E-state index in [0.717, 1.165) is 4.47 Å². The second-order valence-electron chi connectivity index (χ2n) is 5.08. The molecule has 0 spiro atoms. The summed E-state index contributed by atoms with van der Waals surface area (Å²) in [4.78, 5) is 12.3. The summed E-state index contributed by atoms with van der Waals surface area (Å²) in [5.41, 5.74) is 3.56. The minimum Gasteiger partial charge on any atom is -0.497 e. The van der Waals surface area contributed by atoms with Crippen LogP contribution in [0.4, 0.5) is 0 Å². The van der Waals surface area contributed by atoms with Crippen LogP contribution in [0.25, 0.3) is 0 Å². The van der Waals surface area contributed by atoms with E-state index in [1.807, 2.05) is 18.2 Å². The lowest BCUT2D eigenvalue weighted by Gasteiger charge is -2.08. The van der Waals surface area contributed by atoms with Crippen LogP contribution in [0, 0.1) is 0 Å². The monoisotopic (exact) mass is 418 g/mol. The van der Waals surface area contributed by atoms with E-state index in [-0.39, 0.29) is 5.91 Å². The molecule has 1 N–H and O–H groups in total. The molecule has 0 radical (unpaired) electrons. The zero-order valence-corrected chi connectivity index (χ0v) is 16.1. The Bertz CT molecular complexity index is 799. The van der Waals surface area contributed by atoms with Crippen LogP contribution in [0.5, 0.6) is 17.2 Å². The molecular weight excluding hydrogens is 400 g/mol. The van der Waals surface area contributed by atoms with Crippen LogP contribution >= 0.6 is 15.9 Å². The number of halogens is 1. The third-order valence-electron chi connectivity index (χ3n) is 3.31. The van der Waals surface area contributed by atoms with Gasteiger partial charge in [-0.05, 0) is 30.3 Å². The Balaban J connectivity index is 2.14. The smallest absolute Gasteiger partial charge is 0.271 e. The fraction of sp³-hybridized carbons (Fsp3) is 0.158. The quantitative estimate of drug-likeness (QED) is 0.402. The normalized spacial score (nSPS) is 10.4. The van der Waals surface area contributed by atoms with Crippen molar-refractivity contribution in [3.8, 4) is 17.2 Å². The summed E-state index contributed by atoms with van der Waals surface area (Å²) in [6.45, 7) is 4.00. The molecule has 0 saturated heterocycles. The fourth-order valence-corrected chi connectivity index (χ4v) is 2.44. The summed E-state index contributed by atoms with van der Waals surface area (Å²) in [7, 11) is 3.04. The highest BCUT2D eigenvalue weighted by molar-refractivity contribution is 9.10. The predicted octanol–water partition coefficient (Wildman–Crippen LogP) is 3.80. The minimum atomic E-state index is -0.387. The van der Waals surface area contributed by atoms with Gasteiger partial charge in [-0.1, -0.05) is 28.6 Å². The van der Waals surface area contributed by atoms with Crippen LogP contribution in [-0.4, -0.2) is 32.9 Å². The van der Waals surface area contributed by atoms with Crippen LogP contribution in [-0.2, 0) is 0 Å². The Kier molecular flexibility index (Phi) is 7.23. The van der Waals surface area contributed by atoms with Gasteiger partial charge in [0.1, 0.15) is 23.9 Å². The van der Waals surface area contributed by atoms with E-state index >= 15 is 0 Å². The maximum atomic E-state index is 12.3. The Hall–Kier alpha value is -2.80. The van der Waals surface area contributed by atoms with Gasteiger partial charge in [0.2, 0.25) is 0 Å². The van der Waals surface area contributed by atoms with Crippen LogP contribution in [0.2, 0.25) is 0 Å². The number of hydrogen-bond acceptors (Lipinski definition) is 5. The number of carbonyl (C=O) groups excluding carboxylic acids is 1. The molecule has 0 bridgehead atoms. The zero-order chi connectivity index (χ0) is 18.9. The Labute approximate surface area is 160 Å². The van der Waals surface area contributed by atoms with E-state index in [1.165, 1.54) is 20.4 Å². The highest BCUT2D eigenvalue weighted by Crippen LogP contribution is 2.23. The van der Waals surface area contributed by atoms with Crippen molar-refractivity contribution in [2.45, 2.75) is 0 Å². The third kappa shape index (κ3) is 5.35.